The zero-order chi connectivity index (χ0) is 12.7. The molecule has 1 aliphatic heterocycles. The average molecular weight is 252 g/mol. The molecule has 0 spiro atoms. The number of aliphatic carboxylic acids is 1. The monoisotopic (exact) mass is 252 g/mol. The summed E-state index contributed by atoms with van der Waals surface area (Å²) < 4.78 is 0. The van der Waals surface area contributed by atoms with E-state index in [2.05, 4.69) is 10.6 Å². The molecule has 3 N–H and O–H groups in total. The first-order chi connectivity index (χ1) is 8.66. The van der Waals surface area contributed by atoms with Gasteiger partial charge in [-0.3, -0.25) is 4.79 Å². The summed E-state index contributed by atoms with van der Waals surface area (Å²) in [7, 11) is 0. The Morgan fingerprint density at radius 3 is 2.67 bits per heavy atom. The second kappa shape index (κ2) is 4.53. The molecule has 4 unspecified atom stereocenters. The van der Waals surface area contributed by atoms with Crippen LogP contribution in [0.15, 0.2) is 0 Å². The minimum atomic E-state index is -0.896. The number of carbonyl (C=O) groups is 2. The van der Waals surface area contributed by atoms with E-state index in [1.54, 1.807) is 0 Å². The van der Waals surface area contributed by atoms with Gasteiger partial charge in [0.05, 0.1) is 6.04 Å². The van der Waals surface area contributed by atoms with Crippen LogP contribution in [0.4, 0.5) is 0 Å². The molecule has 2 saturated carbocycles. The molecule has 1 saturated heterocycles. The molecule has 3 fully saturated rings. The van der Waals surface area contributed by atoms with Gasteiger partial charge in [-0.05, 0) is 50.0 Å². The van der Waals surface area contributed by atoms with Crippen LogP contribution in [-0.2, 0) is 9.59 Å². The highest BCUT2D eigenvalue weighted by Gasteiger charge is 2.44. The molecule has 5 nitrogen and oxygen atoms in total. The van der Waals surface area contributed by atoms with Crippen LogP contribution in [0.5, 0.6) is 0 Å². The van der Waals surface area contributed by atoms with E-state index in [4.69, 9.17) is 5.11 Å². The average Bonchev–Trinajstić information content (AvgIpc) is 2.90. The largest absolute Gasteiger partial charge is 0.480 e. The number of carbonyl (C=O) groups excluding carboxylic acids is 1. The van der Waals surface area contributed by atoms with Gasteiger partial charge in [0.25, 0.3) is 0 Å². The van der Waals surface area contributed by atoms with Crippen molar-refractivity contribution in [1.29, 1.82) is 0 Å². The smallest absolute Gasteiger partial charge is 0.326 e. The summed E-state index contributed by atoms with van der Waals surface area (Å²) in [6, 6.07) is -0.849. The molecule has 100 valence electrons. The molecule has 0 aromatic rings. The lowest BCUT2D eigenvalue weighted by Crippen LogP contribution is -2.51. The second-order valence-corrected chi connectivity index (χ2v) is 5.90. The van der Waals surface area contributed by atoms with Gasteiger partial charge in [0.2, 0.25) is 5.91 Å². The molecule has 0 radical (unpaired) electrons. The quantitative estimate of drug-likeness (QED) is 0.675. The van der Waals surface area contributed by atoms with Crippen LogP contribution in [0, 0.1) is 17.8 Å². The van der Waals surface area contributed by atoms with Crippen LogP contribution < -0.4 is 10.6 Å². The van der Waals surface area contributed by atoms with Gasteiger partial charge >= 0.3 is 5.97 Å². The lowest BCUT2D eigenvalue weighted by atomic mass is 9.93. The van der Waals surface area contributed by atoms with Gasteiger partial charge in [-0.25, -0.2) is 4.79 Å². The summed E-state index contributed by atoms with van der Waals surface area (Å²) in [5.74, 6) is 0.173. The third-order valence-electron chi connectivity index (χ3n) is 4.69. The van der Waals surface area contributed by atoms with E-state index < -0.39 is 12.0 Å². The lowest BCUT2D eigenvalue weighted by Gasteiger charge is -2.21. The normalized spacial score (nSPS) is 36.1. The van der Waals surface area contributed by atoms with Crippen LogP contribution in [0.25, 0.3) is 0 Å². The van der Waals surface area contributed by atoms with Gasteiger partial charge in [0.1, 0.15) is 6.04 Å². The Morgan fingerprint density at radius 2 is 2.00 bits per heavy atom. The van der Waals surface area contributed by atoms with Crippen LogP contribution in [0.2, 0.25) is 0 Å². The minimum Gasteiger partial charge on any atom is -0.480 e. The van der Waals surface area contributed by atoms with E-state index >= 15 is 0 Å². The predicted molar refractivity (Wildman–Crippen MR) is 64.9 cm³/mol. The van der Waals surface area contributed by atoms with E-state index in [1.807, 2.05) is 0 Å². The van der Waals surface area contributed by atoms with Crippen molar-refractivity contribution in [3.8, 4) is 0 Å². The maximum Gasteiger partial charge on any atom is 0.326 e. The molecule has 1 amide bonds. The van der Waals surface area contributed by atoms with E-state index in [1.165, 1.54) is 12.8 Å². The van der Waals surface area contributed by atoms with Crippen LogP contribution >= 0.6 is 0 Å². The molecule has 3 rings (SSSR count). The number of amides is 1. The van der Waals surface area contributed by atoms with Gasteiger partial charge in [-0.2, -0.15) is 0 Å². The third kappa shape index (κ3) is 2.11. The molecule has 3 aliphatic rings. The van der Waals surface area contributed by atoms with Crippen molar-refractivity contribution in [3.05, 3.63) is 0 Å². The summed E-state index contributed by atoms with van der Waals surface area (Å²) in [5.41, 5.74) is 0. The van der Waals surface area contributed by atoms with E-state index in [0.717, 1.165) is 25.8 Å². The van der Waals surface area contributed by atoms with Gasteiger partial charge in [0.15, 0.2) is 0 Å². The molecule has 18 heavy (non-hydrogen) atoms. The standard InChI is InChI=1S/C13H20N2O3/c16-12(15-10(13(17)18)7-4-5-7)11-9-3-1-2-8(9)6-14-11/h7-11,14H,1-6H2,(H,15,16)(H,17,18). The summed E-state index contributed by atoms with van der Waals surface area (Å²) in [4.78, 5) is 23.3. The summed E-state index contributed by atoms with van der Waals surface area (Å²) >= 11 is 0. The highest BCUT2D eigenvalue weighted by Crippen LogP contribution is 2.38. The van der Waals surface area contributed by atoms with E-state index in [9.17, 15) is 9.59 Å². The fraction of sp³-hybridized carbons (Fsp3) is 0.846. The molecule has 2 aliphatic carbocycles. The Labute approximate surface area is 106 Å². The maximum atomic E-state index is 12.2. The van der Waals surface area contributed by atoms with Crippen molar-refractivity contribution < 1.29 is 14.7 Å². The Balaban J connectivity index is 1.62. The van der Waals surface area contributed by atoms with Crippen molar-refractivity contribution in [1.82, 2.24) is 10.6 Å². The topological polar surface area (TPSA) is 78.4 Å². The summed E-state index contributed by atoms with van der Waals surface area (Å²) in [6.07, 6.45) is 5.33. The molecule has 4 atom stereocenters. The van der Waals surface area contributed by atoms with Crippen LogP contribution in [0.1, 0.15) is 32.1 Å². The summed E-state index contributed by atoms with van der Waals surface area (Å²) in [5, 5.41) is 15.1. The molecule has 0 aromatic heterocycles. The number of rotatable bonds is 4. The molecule has 1 heterocycles. The first-order valence-electron chi connectivity index (χ1n) is 6.93. The van der Waals surface area contributed by atoms with Gasteiger partial charge in [0, 0.05) is 0 Å². The second-order valence-electron chi connectivity index (χ2n) is 5.90. The molecular formula is C13H20N2O3. The van der Waals surface area contributed by atoms with Gasteiger partial charge in [-0.15, -0.1) is 0 Å². The van der Waals surface area contributed by atoms with Crippen LogP contribution in [-0.4, -0.2) is 35.6 Å². The van der Waals surface area contributed by atoms with E-state index in [-0.39, 0.29) is 17.9 Å². The minimum absolute atomic E-state index is 0.108. The first kappa shape index (κ1) is 12.0. The number of carboxylic acids is 1. The zero-order valence-electron chi connectivity index (χ0n) is 10.4. The zero-order valence-corrected chi connectivity index (χ0v) is 10.4. The van der Waals surface area contributed by atoms with E-state index in [0.29, 0.717) is 11.8 Å². The number of carboxylic acid groups (broad SMARTS) is 1. The van der Waals surface area contributed by atoms with Gasteiger partial charge < -0.3 is 15.7 Å². The lowest BCUT2D eigenvalue weighted by molar-refractivity contribution is -0.142. The molecule has 5 heteroatoms. The number of nitrogens with one attached hydrogen (secondary N) is 2. The fourth-order valence-electron chi connectivity index (χ4n) is 3.53. The highest BCUT2D eigenvalue weighted by atomic mass is 16.4. The SMILES string of the molecule is O=C(O)C(NC(=O)C1NCC2CCCC21)C1CC1. The van der Waals surface area contributed by atoms with Crippen molar-refractivity contribution in [2.24, 2.45) is 17.8 Å². The Bertz CT molecular complexity index is 367. The third-order valence-corrected chi connectivity index (χ3v) is 4.69. The predicted octanol–water partition coefficient (Wildman–Crippen LogP) is 0.354. The Kier molecular flexibility index (Phi) is 3.01. The number of hydrogen-bond acceptors (Lipinski definition) is 3. The molecular weight excluding hydrogens is 232 g/mol. The Morgan fingerprint density at radius 1 is 1.22 bits per heavy atom. The van der Waals surface area contributed by atoms with Crippen molar-refractivity contribution in [3.63, 3.8) is 0 Å². The van der Waals surface area contributed by atoms with Crippen LogP contribution in [0.3, 0.4) is 0 Å². The maximum absolute atomic E-state index is 12.2. The molecule has 0 aromatic carbocycles. The van der Waals surface area contributed by atoms with Crippen molar-refractivity contribution in [2.75, 3.05) is 6.54 Å². The van der Waals surface area contributed by atoms with Gasteiger partial charge in [-0.1, -0.05) is 6.42 Å². The number of hydrogen-bond donors (Lipinski definition) is 3. The van der Waals surface area contributed by atoms with Crippen molar-refractivity contribution >= 4 is 11.9 Å². The fourth-order valence-corrected chi connectivity index (χ4v) is 3.53. The number of fused-ring (bicyclic) bond motifs is 1. The molecule has 0 bridgehead atoms. The first-order valence-corrected chi connectivity index (χ1v) is 6.93. The summed E-state index contributed by atoms with van der Waals surface area (Å²) in [6.45, 7) is 0.907. The Hall–Kier alpha value is -1.10. The van der Waals surface area contributed by atoms with Crippen molar-refractivity contribution in [2.45, 2.75) is 44.2 Å². The highest BCUT2D eigenvalue weighted by molar-refractivity contribution is 5.87.